The fraction of sp³-hybridized carbons (Fsp3) is 0.200. The van der Waals surface area contributed by atoms with Crippen LogP contribution in [0.3, 0.4) is 0 Å². The molecule has 0 fully saturated rings. The highest BCUT2D eigenvalue weighted by molar-refractivity contribution is 6.36. The Labute approximate surface area is 133 Å². The Hall–Kier alpha value is -1.09. The molecule has 106 valence electrons. The van der Waals surface area contributed by atoms with Gasteiger partial charge in [-0.25, -0.2) is 0 Å². The van der Waals surface area contributed by atoms with Crippen LogP contribution in [0.4, 0.5) is 0 Å². The molecule has 1 atom stereocenters. The van der Waals surface area contributed by atoms with Crippen LogP contribution >= 0.6 is 34.8 Å². The number of hydrogen-bond acceptors (Lipinski definition) is 2. The zero-order valence-corrected chi connectivity index (χ0v) is 13.3. The Kier molecular flexibility index (Phi) is 5.03. The van der Waals surface area contributed by atoms with E-state index in [4.69, 9.17) is 44.3 Å². The summed E-state index contributed by atoms with van der Waals surface area (Å²) in [5.74, 6) is 1.26. The van der Waals surface area contributed by atoms with Gasteiger partial charge in [0.05, 0.1) is 24.6 Å². The maximum atomic E-state index is 6.49. The SMILES string of the molecule is COc1cccc(C(Cl)c2cc(Cl)c(OC)cc2Cl)c1. The van der Waals surface area contributed by atoms with Crippen LogP contribution in [0.1, 0.15) is 16.5 Å². The summed E-state index contributed by atoms with van der Waals surface area (Å²) in [5.41, 5.74) is 1.61. The molecule has 0 saturated heterocycles. The van der Waals surface area contributed by atoms with E-state index in [9.17, 15) is 0 Å². The Morgan fingerprint density at radius 3 is 2.35 bits per heavy atom. The molecule has 0 heterocycles. The molecule has 2 rings (SSSR count). The Bertz CT molecular complexity index is 614. The van der Waals surface area contributed by atoms with Gasteiger partial charge in [0.1, 0.15) is 11.5 Å². The van der Waals surface area contributed by atoms with Crippen LogP contribution in [-0.4, -0.2) is 14.2 Å². The van der Waals surface area contributed by atoms with E-state index in [1.54, 1.807) is 19.2 Å². The van der Waals surface area contributed by atoms with Crippen molar-refractivity contribution in [3.8, 4) is 11.5 Å². The predicted octanol–water partition coefficient (Wildman–Crippen LogP) is 5.34. The van der Waals surface area contributed by atoms with Gasteiger partial charge >= 0.3 is 0 Å². The molecule has 1 unspecified atom stereocenters. The van der Waals surface area contributed by atoms with Crippen molar-refractivity contribution < 1.29 is 9.47 Å². The summed E-state index contributed by atoms with van der Waals surface area (Å²) < 4.78 is 10.3. The van der Waals surface area contributed by atoms with Crippen molar-refractivity contribution in [2.75, 3.05) is 14.2 Å². The highest BCUT2D eigenvalue weighted by Gasteiger charge is 2.17. The minimum absolute atomic E-state index is 0.416. The summed E-state index contributed by atoms with van der Waals surface area (Å²) in [7, 11) is 3.15. The molecule has 5 heteroatoms. The van der Waals surface area contributed by atoms with Gasteiger partial charge in [0, 0.05) is 11.1 Å². The van der Waals surface area contributed by atoms with Crippen LogP contribution in [0.2, 0.25) is 10.0 Å². The highest BCUT2D eigenvalue weighted by Crippen LogP contribution is 2.39. The minimum Gasteiger partial charge on any atom is -0.497 e. The predicted molar refractivity (Wildman–Crippen MR) is 83.7 cm³/mol. The molecule has 0 spiro atoms. The van der Waals surface area contributed by atoms with E-state index in [1.807, 2.05) is 24.3 Å². The summed E-state index contributed by atoms with van der Waals surface area (Å²) in [6, 6.07) is 10.9. The van der Waals surface area contributed by atoms with Gasteiger partial charge in [0.25, 0.3) is 0 Å². The number of halogens is 3. The molecular weight excluding hydrogens is 319 g/mol. The molecule has 0 amide bonds. The maximum Gasteiger partial charge on any atom is 0.138 e. The highest BCUT2D eigenvalue weighted by atomic mass is 35.5. The molecule has 0 bridgehead atoms. The van der Waals surface area contributed by atoms with Gasteiger partial charge in [-0.2, -0.15) is 0 Å². The number of rotatable bonds is 4. The Balaban J connectivity index is 2.42. The molecule has 0 aliphatic heterocycles. The molecule has 0 aliphatic rings. The van der Waals surface area contributed by atoms with Crippen molar-refractivity contribution in [3.63, 3.8) is 0 Å². The van der Waals surface area contributed by atoms with Crippen molar-refractivity contribution in [3.05, 3.63) is 57.6 Å². The average molecular weight is 332 g/mol. The molecule has 2 aromatic rings. The van der Waals surface area contributed by atoms with Gasteiger partial charge in [0.15, 0.2) is 0 Å². The topological polar surface area (TPSA) is 18.5 Å². The molecule has 0 aliphatic carbocycles. The maximum absolute atomic E-state index is 6.49. The van der Waals surface area contributed by atoms with E-state index < -0.39 is 5.38 Å². The van der Waals surface area contributed by atoms with Crippen molar-refractivity contribution in [2.24, 2.45) is 0 Å². The zero-order valence-electron chi connectivity index (χ0n) is 11.0. The summed E-state index contributed by atoms with van der Waals surface area (Å²) >= 11 is 18.9. The van der Waals surface area contributed by atoms with E-state index in [0.717, 1.165) is 16.9 Å². The molecule has 0 aromatic heterocycles. The van der Waals surface area contributed by atoms with Crippen LogP contribution in [0, 0.1) is 0 Å². The molecule has 2 nitrogen and oxygen atoms in total. The molecule has 0 radical (unpaired) electrons. The lowest BCUT2D eigenvalue weighted by atomic mass is 10.0. The normalized spacial score (nSPS) is 12.1. The fourth-order valence-electron chi connectivity index (χ4n) is 1.87. The molecule has 20 heavy (non-hydrogen) atoms. The van der Waals surface area contributed by atoms with Gasteiger partial charge in [-0.15, -0.1) is 11.6 Å². The smallest absolute Gasteiger partial charge is 0.138 e. The number of alkyl halides is 1. The third kappa shape index (κ3) is 3.14. The van der Waals surface area contributed by atoms with Crippen molar-refractivity contribution >= 4 is 34.8 Å². The van der Waals surface area contributed by atoms with E-state index in [2.05, 4.69) is 0 Å². The van der Waals surface area contributed by atoms with E-state index in [0.29, 0.717) is 15.8 Å². The summed E-state index contributed by atoms with van der Waals surface area (Å²) in [5, 5.41) is 0.565. The first kappa shape index (κ1) is 15.3. The zero-order chi connectivity index (χ0) is 14.7. The third-order valence-electron chi connectivity index (χ3n) is 2.93. The molecule has 2 aromatic carbocycles. The van der Waals surface area contributed by atoms with Crippen molar-refractivity contribution in [1.82, 2.24) is 0 Å². The monoisotopic (exact) mass is 330 g/mol. The largest absolute Gasteiger partial charge is 0.497 e. The lowest BCUT2D eigenvalue weighted by molar-refractivity contribution is 0.414. The quantitative estimate of drug-likeness (QED) is 0.704. The summed E-state index contributed by atoms with van der Waals surface area (Å²) in [6.07, 6.45) is 0. The first-order valence-corrected chi connectivity index (χ1v) is 7.07. The second-order valence-corrected chi connectivity index (χ2v) is 5.40. The van der Waals surface area contributed by atoms with Gasteiger partial charge in [0.2, 0.25) is 0 Å². The van der Waals surface area contributed by atoms with Crippen LogP contribution in [-0.2, 0) is 0 Å². The minimum atomic E-state index is -0.416. The fourth-order valence-corrected chi connectivity index (χ4v) is 2.76. The lowest BCUT2D eigenvalue weighted by Crippen LogP contribution is -1.97. The second-order valence-electron chi connectivity index (χ2n) is 4.15. The second kappa shape index (κ2) is 6.57. The number of hydrogen-bond donors (Lipinski definition) is 0. The van der Waals surface area contributed by atoms with Crippen LogP contribution in [0.25, 0.3) is 0 Å². The lowest BCUT2D eigenvalue weighted by Gasteiger charge is -2.15. The number of benzene rings is 2. The van der Waals surface area contributed by atoms with Crippen LogP contribution in [0.15, 0.2) is 36.4 Å². The molecular formula is C15H13Cl3O2. The standard InChI is InChI=1S/C15H13Cl3O2/c1-19-10-5-3-4-9(6-10)15(18)11-7-13(17)14(20-2)8-12(11)16/h3-8,15H,1-2H3. The molecule has 0 saturated carbocycles. The summed E-state index contributed by atoms with van der Waals surface area (Å²) in [6.45, 7) is 0. The first-order chi connectivity index (χ1) is 9.56. The van der Waals surface area contributed by atoms with Crippen LogP contribution < -0.4 is 9.47 Å². The van der Waals surface area contributed by atoms with Gasteiger partial charge in [-0.3, -0.25) is 0 Å². The number of methoxy groups -OCH3 is 2. The van der Waals surface area contributed by atoms with Gasteiger partial charge < -0.3 is 9.47 Å². The summed E-state index contributed by atoms with van der Waals surface area (Å²) in [4.78, 5) is 0. The van der Waals surface area contributed by atoms with Crippen LogP contribution in [0.5, 0.6) is 11.5 Å². The number of ether oxygens (including phenoxy) is 2. The van der Waals surface area contributed by atoms with E-state index in [1.165, 1.54) is 7.11 Å². The molecule has 0 N–H and O–H groups in total. The first-order valence-electron chi connectivity index (χ1n) is 5.87. The van der Waals surface area contributed by atoms with Crippen molar-refractivity contribution in [2.45, 2.75) is 5.38 Å². The van der Waals surface area contributed by atoms with E-state index in [-0.39, 0.29) is 0 Å². The Morgan fingerprint density at radius 2 is 1.70 bits per heavy atom. The third-order valence-corrected chi connectivity index (χ3v) is 4.04. The average Bonchev–Trinajstić information content (AvgIpc) is 2.48. The van der Waals surface area contributed by atoms with Crippen molar-refractivity contribution in [1.29, 1.82) is 0 Å². The van der Waals surface area contributed by atoms with Gasteiger partial charge in [-0.1, -0.05) is 35.3 Å². The van der Waals surface area contributed by atoms with Gasteiger partial charge in [-0.05, 0) is 29.3 Å². The van der Waals surface area contributed by atoms with E-state index >= 15 is 0 Å². The Morgan fingerprint density at radius 1 is 0.950 bits per heavy atom.